The summed E-state index contributed by atoms with van der Waals surface area (Å²) in [6.07, 6.45) is -5.66. The minimum Gasteiger partial charge on any atom is -0.491 e. The van der Waals surface area contributed by atoms with Crippen molar-refractivity contribution in [2.45, 2.75) is 90.8 Å². The molecule has 4 amide bonds. The molecule has 1 aromatic heterocycles. The molecule has 2 aliphatic heterocycles. The minimum atomic E-state index is -4.81. The van der Waals surface area contributed by atoms with Gasteiger partial charge in [-0.3, -0.25) is 24.1 Å². The van der Waals surface area contributed by atoms with Gasteiger partial charge in [0.05, 0.1) is 84.1 Å². The Hall–Kier alpha value is -6.02. The summed E-state index contributed by atoms with van der Waals surface area (Å²) in [6, 6.07) is 16.8. The third kappa shape index (κ3) is 13.1. The first-order valence-electron chi connectivity index (χ1n) is 22.9. The van der Waals surface area contributed by atoms with Crippen molar-refractivity contribution in [2.75, 3.05) is 62.6 Å². The average Bonchev–Trinajstić information content (AvgIpc) is 3.98. The summed E-state index contributed by atoms with van der Waals surface area (Å²) in [5.41, 5.74) is 1.33. The lowest BCUT2D eigenvalue weighted by molar-refractivity contribution is -0.144. The molecule has 2 aliphatic rings. The number of aromatic nitrogens is 1. The van der Waals surface area contributed by atoms with E-state index in [1.807, 2.05) is 38.1 Å². The molecule has 3 N–H and O–H groups in total. The Kier molecular flexibility index (Phi) is 17.6. The molecule has 0 aliphatic carbocycles. The first-order chi connectivity index (χ1) is 33.5. The quantitative estimate of drug-likeness (QED) is 0.0624. The first kappa shape index (κ1) is 54.3. The Morgan fingerprint density at radius 3 is 2.15 bits per heavy atom. The molecule has 21 heteroatoms. The maximum absolute atomic E-state index is 14.0. The number of aryl methyl sites for hydroxylation is 1. The summed E-state index contributed by atoms with van der Waals surface area (Å²) >= 11 is 7.16. The number of aliphatic hydroxyl groups excluding tert-OH is 1. The fraction of sp³-hybridized carbons (Fsp3) is 0.460. The number of anilines is 2. The second kappa shape index (κ2) is 23.0. The van der Waals surface area contributed by atoms with Gasteiger partial charge in [0.1, 0.15) is 36.6 Å². The van der Waals surface area contributed by atoms with E-state index in [4.69, 9.17) is 31.2 Å². The molecule has 0 radical (unpaired) electrons. The highest BCUT2D eigenvalue weighted by Crippen LogP contribution is 2.40. The van der Waals surface area contributed by atoms with Crippen molar-refractivity contribution in [2.24, 2.45) is 5.41 Å². The number of β-amino-alcohol motifs (C(OH)–C–C–N with tert-alkyl or cyclic N) is 1. The number of nitrogens with zero attached hydrogens (tertiary/aromatic N) is 5. The Balaban J connectivity index is 0.875. The maximum Gasteiger partial charge on any atom is 0.417 e. The predicted molar refractivity (Wildman–Crippen MR) is 264 cm³/mol. The number of ether oxygens (including phenoxy) is 4. The van der Waals surface area contributed by atoms with Crippen molar-refractivity contribution < 1.29 is 56.4 Å². The molecular formula is C50H58F3N7O9S2. The van der Waals surface area contributed by atoms with Gasteiger partial charge >= 0.3 is 6.18 Å². The zero-order valence-corrected chi connectivity index (χ0v) is 42.1. The SMILES string of the molecule is Cc1ncsc1-c1ccc([C@H](C)NC(=O)[C@@H]2C[C@@H](O)CN2C(=O)[C@@H](NC(=O)COCCOCCOCCOc2ccc(N3C(=S)N(c4ccc(C#N)c(C(F)(F)F)c4)C(=O)C3(C)C)cc2)C(C)(C)C)cc1. The number of carbonyl (C=O) groups is 4. The van der Waals surface area contributed by atoms with Crippen LogP contribution >= 0.6 is 23.6 Å². The summed E-state index contributed by atoms with van der Waals surface area (Å²) in [5.74, 6) is -1.46. The Morgan fingerprint density at radius 2 is 1.56 bits per heavy atom. The van der Waals surface area contributed by atoms with Gasteiger partial charge in [0.15, 0.2) is 5.11 Å². The number of rotatable bonds is 20. The summed E-state index contributed by atoms with van der Waals surface area (Å²) in [4.78, 5) is 63.5. The highest BCUT2D eigenvalue weighted by molar-refractivity contribution is 7.81. The molecule has 3 aromatic carbocycles. The van der Waals surface area contributed by atoms with Crippen LogP contribution in [0, 0.1) is 23.7 Å². The Labute approximate surface area is 420 Å². The lowest BCUT2D eigenvalue weighted by Crippen LogP contribution is -2.58. The molecule has 0 spiro atoms. The van der Waals surface area contributed by atoms with Gasteiger partial charge in [-0.25, -0.2) is 4.98 Å². The smallest absolute Gasteiger partial charge is 0.417 e. The molecule has 0 unspecified atom stereocenters. The van der Waals surface area contributed by atoms with Crippen LogP contribution in [0.2, 0.25) is 0 Å². The molecule has 16 nitrogen and oxygen atoms in total. The molecular weight excluding hydrogens is 964 g/mol. The lowest BCUT2D eigenvalue weighted by Gasteiger charge is -2.35. The topological polar surface area (TPSA) is 196 Å². The number of thiazole rings is 1. The zero-order chi connectivity index (χ0) is 51.8. The second-order valence-corrected chi connectivity index (χ2v) is 19.9. The van der Waals surface area contributed by atoms with E-state index < -0.39 is 70.1 Å². The van der Waals surface area contributed by atoms with Crippen molar-refractivity contribution in [1.82, 2.24) is 20.5 Å². The molecule has 2 fully saturated rings. The summed E-state index contributed by atoms with van der Waals surface area (Å²) < 4.78 is 63.5. The number of aliphatic hydroxyl groups is 1. The third-order valence-electron chi connectivity index (χ3n) is 12.0. The van der Waals surface area contributed by atoms with Crippen molar-refractivity contribution in [1.29, 1.82) is 5.26 Å². The summed E-state index contributed by atoms with van der Waals surface area (Å²) in [6.45, 7) is 13.2. The van der Waals surface area contributed by atoms with E-state index in [-0.39, 0.29) is 76.1 Å². The largest absolute Gasteiger partial charge is 0.491 e. The molecule has 6 rings (SSSR count). The van der Waals surface area contributed by atoms with Crippen LogP contribution in [0.15, 0.2) is 72.2 Å². The average molecular weight is 1020 g/mol. The number of hydrogen-bond acceptors (Lipinski definition) is 13. The van der Waals surface area contributed by atoms with Crippen LogP contribution < -0.4 is 25.2 Å². The van der Waals surface area contributed by atoms with Crippen LogP contribution in [0.1, 0.15) is 76.4 Å². The van der Waals surface area contributed by atoms with Gasteiger partial charge < -0.3 is 44.5 Å². The zero-order valence-electron chi connectivity index (χ0n) is 40.5. The van der Waals surface area contributed by atoms with E-state index in [2.05, 4.69) is 15.6 Å². The van der Waals surface area contributed by atoms with Crippen LogP contribution in [-0.2, 0) is 39.6 Å². The number of amides is 4. The molecule has 3 heterocycles. The van der Waals surface area contributed by atoms with E-state index >= 15 is 0 Å². The predicted octanol–water partition coefficient (Wildman–Crippen LogP) is 6.72. The van der Waals surface area contributed by atoms with E-state index in [9.17, 15) is 42.7 Å². The summed E-state index contributed by atoms with van der Waals surface area (Å²) in [7, 11) is 0. The molecule has 0 bridgehead atoms. The molecule has 2 saturated heterocycles. The minimum absolute atomic E-state index is 0.0250. The van der Waals surface area contributed by atoms with Crippen molar-refractivity contribution in [3.63, 3.8) is 0 Å². The fourth-order valence-corrected chi connectivity index (χ4v) is 9.53. The van der Waals surface area contributed by atoms with Crippen molar-refractivity contribution in [3.8, 4) is 22.3 Å². The monoisotopic (exact) mass is 1020 g/mol. The van der Waals surface area contributed by atoms with Gasteiger partial charge in [-0.05, 0) is 98.9 Å². The highest BCUT2D eigenvalue weighted by atomic mass is 32.1. The molecule has 4 aromatic rings. The number of hydrogen-bond donors (Lipinski definition) is 3. The number of carbonyl (C=O) groups excluding carboxylic acids is 4. The lowest BCUT2D eigenvalue weighted by atomic mass is 9.85. The van der Waals surface area contributed by atoms with Gasteiger partial charge in [0.25, 0.3) is 5.91 Å². The van der Waals surface area contributed by atoms with Crippen LogP contribution in [0.4, 0.5) is 24.5 Å². The first-order valence-corrected chi connectivity index (χ1v) is 24.2. The third-order valence-corrected chi connectivity index (χ3v) is 13.3. The number of nitrogens with one attached hydrogen (secondary N) is 2. The van der Waals surface area contributed by atoms with Gasteiger partial charge in [-0.1, -0.05) is 45.0 Å². The normalized spacial score (nSPS) is 17.8. The molecule has 380 valence electrons. The van der Waals surface area contributed by atoms with E-state index in [1.165, 1.54) is 17.0 Å². The van der Waals surface area contributed by atoms with E-state index in [0.717, 1.165) is 38.7 Å². The van der Waals surface area contributed by atoms with Crippen molar-refractivity contribution >= 4 is 63.7 Å². The Bertz CT molecular complexity index is 2600. The van der Waals surface area contributed by atoms with Crippen LogP contribution in [0.5, 0.6) is 5.75 Å². The maximum atomic E-state index is 14.0. The number of benzene rings is 3. The van der Waals surface area contributed by atoms with Crippen LogP contribution in [-0.4, -0.2) is 120 Å². The molecule has 0 saturated carbocycles. The van der Waals surface area contributed by atoms with Gasteiger partial charge in [0.2, 0.25) is 17.7 Å². The van der Waals surface area contributed by atoms with Gasteiger partial charge in [-0.2, -0.15) is 18.4 Å². The van der Waals surface area contributed by atoms with Crippen LogP contribution in [0.3, 0.4) is 0 Å². The summed E-state index contributed by atoms with van der Waals surface area (Å²) in [5, 5.41) is 25.5. The number of nitriles is 1. The number of thiocarbonyl (C=S) groups is 1. The fourth-order valence-electron chi connectivity index (χ4n) is 8.19. The number of alkyl halides is 3. The highest BCUT2D eigenvalue weighted by Gasteiger charge is 2.51. The van der Waals surface area contributed by atoms with Gasteiger partial charge in [-0.15, -0.1) is 11.3 Å². The molecule has 4 atom stereocenters. The number of likely N-dealkylation sites (tertiary alicyclic amines) is 1. The Morgan fingerprint density at radius 1 is 0.944 bits per heavy atom. The van der Waals surface area contributed by atoms with E-state index in [0.29, 0.717) is 11.4 Å². The van der Waals surface area contributed by atoms with Crippen LogP contribution in [0.25, 0.3) is 10.4 Å². The number of halogens is 3. The second-order valence-electron chi connectivity index (χ2n) is 18.7. The van der Waals surface area contributed by atoms with Gasteiger partial charge in [0, 0.05) is 18.7 Å². The van der Waals surface area contributed by atoms with Crippen molar-refractivity contribution in [3.05, 3.63) is 94.6 Å². The van der Waals surface area contributed by atoms with E-state index in [1.54, 1.807) is 80.6 Å². The standard InChI is InChI=1S/C50H58F3N7O9S2/c1-30(32-8-10-33(11-9-32)42-31(2)55-29-71-42)56-44(63)40-25-37(61)27-58(40)45(64)43(48(3,4)5)57-41(62)28-68-21-20-66-18-19-67-22-23-69-38-16-14-35(15-17-38)60-47(70)59(46(65)49(60,6)7)36-13-12-34(26-54)39(24-36)50(51,52)53/h8-17,24,29-30,37,40,43,61H,18-23,25,27-28H2,1-7H3,(H,56,63)(H,57,62)/t30-,37+,40-,43+/m0/s1. The molecule has 71 heavy (non-hydrogen) atoms.